The summed E-state index contributed by atoms with van der Waals surface area (Å²) in [4.78, 5) is 9.22. The molecule has 1 aromatic carbocycles. The van der Waals surface area contributed by atoms with E-state index < -0.39 is 0 Å². The molecule has 1 atom stereocenters. The summed E-state index contributed by atoms with van der Waals surface area (Å²) < 4.78 is 0. The minimum absolute atomic E-state index is 0.0175. The van der Waals surface area contributed by atoms with Gasteiger partial charge in [0.25, 0.3) is 0 Å². The number of hydrogen-bond donors (Lipinski definition) is 5. The Kier molecular flexibility index (Phi) is 5.75. The summed E-state index contributed by atoms with van der Waals surface area (Å²) in [7, 11) is 0. The second-order valence-corrected chi connectivity index (χ2v) is 6.87. The number of nitrogens with zero attached hydrogens (tertiary/aromatic N) is 3. The molecule has 0 saturated heterocycles. The largest absolute Gasteiger partial charge is 0.398 e. The molecule has 144 valence electrons. The lowest BCUT2D eigenvalue weighted by molar-refractivity contribution is 0.271. The average molecular weight is 369 g/mol. The third-order valence-corrected chi connectivity index (χ3v) is 4.55. The molecule has 0 radical (unpaired) electrons. The Morgan fingerprint density at radius 1 is 1.19 bits per heavy atom. The molecule has 2 heterocycles. The molecule has 8 nitrogen and oxygen atoms in total. The van der Waals surface area contributed by atoms with Crippen LogP contribution in [0.1, 0.15) is 44.4 Å². The van der Waals surface area contributed by atoms with Gasteiger partial charge in [0.15, 0.2) is 11.3 Å². The zero-order valence-corrected chi connectivity index (χ0v) is 16.0. The highest BCUT2D eigenvalue weighted by Crippen LogP contribution is 2.27. The number of nitrogens with two attached hydrogens (primary N) is 1. The van der Waals surface area contributed by atoms with Crippen LogP contribution >= 0.6 is 0 Å². The van der Waals surface area contributed by atoms with E-state index in [0.29, 0.717) is 23.8 Å². The van der Waals surface area contributed by atoms with E-state index in [-0.39, 0.29) is 18.6 Å². The first-order valence-corrected chi connectivity index (χ1v) is 9.24. The van der Waals surface area contributed by atoms with Crippen LogP contribution in [0.25, 0.3) is 11.0 Å². The van der Waals surface area contributed by atoms with E-state index >= 15 is 0 Å². The number of fused-ring (bicyclic) bond motifs is 1. The van der Waals surface area contributed by atoms with E-state index in [1.54, 1.807) is 0 Å². The van der Waals surface area contributed by atoms with Crippen LogP contribution in [0.4, 0.5) is 17.5 Å². The molecular formula is C19H27N7O. The first-order valence-electron chi connectivity index (χ1n) is 9.24. The summed E-state index contributed by atoms with van der Waals surface area (Å²) in [6, 6.07) is 7.61. The number of nitrogen functional groups attached to an aromatic ring is 1. The molecule has 0 aliphatic heterocycles. The Bertz CT molecular complexity index is 902. The van der Waals surface area contributed by atoms with Gasteiger partial charge in [0, 0.05) is 12.2 Å². The van der Waals surface area contributed by atoms with Crippen molar-refractivity contribution in [2.45, 2.75) is 45.7 Å². The number of para-hydroxylation sites is 1. The van der Waals surface area contributed by atoms with Crippen molar-refractivity contribution in [1.29, 1.82) is 0 Å². The second-order valence-electron chi connectivity index (χ2n) is 6.87. The van der Waals surface area contributed by atoms with Crippen LogP contribution in [0.3, 0.4) is 0 Å². The van der Waals surface area contributed by atoms with E-state index in [1.165, 1.54) is 0 Å². The third kappa shape index (κ3) is 4.11. The lowest BCUT2D eigenvalue weighted by Gasteiger charge is -2.15. The van der Waals surface area contributed by atoms with Crippen molar-refractivity contribution in [3.63, 3.8) is 0 Å². The van der Waals surface area contributed by atoms with Crippen molar-refractivity contribution >= 4 is 28.5 Å². The standard InChI is InChI=1S/C19H27N7O/c1-4-13(10-27)22-19-23-16-15(11(2)3)25-26-17(16)18(24-19)21-9-12-7-5-6-8-14(12)20/h5-8,11,13,27H,4,9-10,20H2,1-3H3,(H,25,26)(H2,21,22,23,24)/t13-/m1/s1. The minimum atomic E-state index is -0.102. The van der Waals surface area contributed by atoms with Gasteiger partial charge in [-0.15, -0.1) is 0 Å². The number of aromatic amines is 1. The Balaban J connectivity index is 1.97. The SMILES string of the molecule is CC[C@H](CO)Nc1nc(NCc2ccccc2N)c2n[nH]c(C(C)C)c2n1. The number of aliphatic hydroxyl groups is 1. The molecule has 0 spiro atoms. The lowest BCUT2D eigenvalue weighted by atomic mass is 10.1. The monoisotopic (exact) mass is 369 g/mol. The molecule has 0 unspecified atom stereocenters. The maximum Gasteiger partial charge on any atom is 0.225 e. The zero-order valence-electron chi connectivity index (χ0n) is 16.0. The molecule has 27 heavy (non-hydrogen) atoms. The molecule has 3 aromatic rings. The zero-order chi connectivity index (χ0) is 19.4. The van der Waals surface area contributed by atoms with E-state index in [2.05, 4.69) is 44.6 Å². The molecule has 0 aliphatic rings. The maximum atomic E-state index is 9.49. The van der Waals surface area contributed by atoms with E-state index in [9.17, 15) is 5.11 Å². The van der Waals surface area contributed by atoms with Crippen molar-refractivity contribution < 1.29 is 5.11 Å². The van der Waals surface area contributed by atoms with Crippen molar-refractivity contribution in [3.05, 3.63) is 35.5 Å². The van der Waals surface area contributed by atoms with Crippen LogP contribution in [0.5, 0.6) is 0 Å². The van der Waals surface area contributed by atoms with Crippen LogP contribution in [0.15, 0.2) is 24.3 Å². The van der Waals surface area contributed by atoms with Crippen LogP contribution in [0, 0.1) is 0 Å². The molecule has 6 N–H and O–H groups in total. The molecule has 2 aromatic heterocycles. The summed E-state index contributed by atoms with van der Waals surface area (Å²) in [6.07, 6.45) is 0.767. The number of rotatable bonds is 8. The highest BCUT2D eigenvalue weighted by molar-refractivity contribution is 5.88. The number of anilines is 3. The highest BCUT2D eigenvalue weighted by Gasteiger charge is 2.18. The van der Waals surface area contributed by atoms with Gasteiger partial charge >= 0.3 is 0 Å². The molecule has 3 rings (SSSR count). The fourth-order valence-electron chi connectivity index (χ4n) is 2.84. The summed E-state index contributed by atoms with van der Waals surface area (Å²) in [6.45, 7) is 6.72. The van der Waals surface area contributed by atoms with Crippen LogP contribution in [-0.4, -0.2) is 37.9 Å². The number of hydrogen-bond acceptors (Lipinski definition) is 7. The van der Waals surface area contributed by atoms with E-state index in [4.69, 9.17) is 5.73 Å². The van der Waals surface area contributed by atoms with Gasteiger partial charge in [0.2, 0.25) is 5.95 Å². The molecule has 0 fully saturated rings. The summed E-state index contributed by atoms with van der Waals surface area (Å²) in [5.41, 5.74) is 10.2. The van der Waals surface area contributed by atoms with Gasteiger partial charge in [-0.1, -0.05) is 39.0 Å². The highest BCUT2D eigenvalue weighted by atomic mass is 16.3. The minimum Gasteiger partial charge on any atom is -0.398 e. The Morgan fingerprint density at radius 2 is 1.96 bits per heavy atom. The van der Waals surface area contributed by atoms with Gasteiger partial charge in [-0.05, 0) is 24.0 Å². The van der Waals surface area contributed by atoms with Crippen molar-refractivity contribution in [1.82, 2.24) is 20.2 Å². The van der Waals surface area contributed by atoms with Crippen LogP contribution in [-0.2, 0) is 6.54 Å². The Morgan fingerprint density at radius 3 is 2.63 bits per heavy atom. The molecule has 0 saturated carbocycles. The van der Waals surface area contributed by atoms with Crippen molar-refractivity contribution in [3.8, 4) is 0 Å². The number of benzene rings is 1. The smallest absolute Gasteiger partial charge is 0.225 e. The topological polar surface area (TPSA) is 125 Å². The van der Waals surface area contributed by atoms with Crippen LogP contribution < -0.4 is 16.4 Å². The second kappa shape index (κ2) is 8.22. The predicted molar refractivity (Wildman–Crippen MR) is 109 cm³/mol. The lowest BCUT2D eigenvalue weighted by Crippen LogP contribution is -2.24. The first kappa shape index (κ1) is 18.9. The first-order chi connectivity index (χ1) is 13.0. The van der Waals surface area contributed by atoms with E-state index in [0.717, 1.165) is 28.9 Å². The fraction of sp³-hybridized carbons (Fsp3) is 0.421. The molecule has 0 aliphatic carbocycles. The van der Waals surface area contributed by atoms with Crippen LogP contribution in [0.2, 0.25) is 0 Å². The Hall–Kier alpha value is -2.87. The predicted octanol–water partition coefficient (Wildman–Crippen LogP) is 2.85. The van der Waals surface area contributed by atoms with Crippen molar-refractivity contribution in [2.24, 2.45) is 0 Å². The number of nitrogens with one attached hydrogen (secondary N) is 3. The van der Waals surface area contributed by atoms with Gasteiger partial charge in [-0.3, -0.25) is 5.10 Å². The van der Waals surface area contributed by atoms with E-state index in [1.807, 2.05) is 31.2 Å². The van der Waals surface area contributed by atoms with Gasteiger partial charge in [0.05, 0.1) is 18.3 Å². The normalized spacial score (nSPS) is 12.5. The average Bonchev–Trinajstić information content (AvgIpc) is 3.09. The molecule has 8 heteroatoms. The van der Waals surface area contributed by atoms with Gasteiger partial charge in [-0.25, -0.2) is 4.98 Å². The molecule has 0 bridgehead atoms. The fourth-order valence-corrected chi connectivity index (χ4v) is 2.84. The molecular weight excluding hydrogens is 342 g/mol. The number of H-pyrrole nitrogens is 1. The van der Waals surface area contributed by atoms with Gasteiger partial charge in [0.1, 0.15) is 5.52 Å². The summed E-state index contributed by atoms with van der Waals surface area (Å²) in [5, 5.41) is 23.5. The molecule has 0 amide bonds. The Labute approximate surface area is 158 Å². The van der Waals surface area contributed by atoms with Gasteiger partial charge < -0.3 is 21.5 Å². The summed E-state index contributed by atoms with van der Waals surface area (Å²) in [5.74, 6) is 1.34. The van der Waals surface area contributed by atoms with Crippen molar-refractivity contribution in [2.75, 3.05) is 23.0 Å². The van der Waals surface area contributed by atoms with Gasteiger partial charge in [-0.2, -0.15) is 10.1 Å². The number of aromatic nitrogens is 4. The quantitative estimate of drug-likeness (QED) is 0.387. The third-order valence-electron chi connectivity index (χ3n) is 4.55. The maximum absolute atomic E-state index is 9.49. The summed E-state index contributed by atoms with van der Waals surface area (Å²) >= 11 is 0. The number of aliphatic hydroxyl groups excluding tert-OH is 1.